The van der Waals surface area contributed by atoms with Crippen LogP contribution in [0.25, 0.3) is 0 Å². The number of aliphatic hydroxyl groups is 2. The molecule has 0 aliphatic carbocycles. The summed E-state index contributed by atoms with van der Waals surface area (Å²) in [5.74, 6) is -4.63. The van der Waals surface area contributed by atoms with Gasteiger partial charge in [-0.1, -0.05) is 11.6 Å². The number of aromatic amines is 1. The van der Waals surface area contributed by atoms with Crippen LogP contribution in [0.5, 0.6) is 5.75 Å². The van der Waals surface area contributed by atoms with Gasteiger partial charge in [-0.05, 0) is 30.4 Å². The molecule has 10 nitrogen and oxygen atoms in total. The number of alkyl halides is 1. The van der Waals surface area contributed by atoms with Crippen molar-refractivity contribution < 1.29 is 44.6 Å². The van der Waals surface area contributed by atoms with Crippen LogP contribution < -0.4 is 10.1 Å². The molecule has 2 aliphatic rings. The van der Waals surface area contributed by atoms with Gasteiger partial charge in [0.05, 0.1) is 9.35 Å². The average molecular weight is 501 g/mol. The largest absolute Gasteiger partial charge is 0.530 e. The molecule has 4 rings (SSSR count). The Kier molecular flexibility index (Phi) is 5.16. The molecule has 1 saturated heterocycles. The molecule has 3 N–H and O–H groups in total. The summed E-state index contributed by atoms with van der Waals surface area (Å²) in [7, 11) is -4.85. The third kappa shape index (κ3) is 4.20. The van der Waals surface area contributed by atoms with Gasteiger partial charge in [0, 0.05) is 11.8 Å². The lowest BCUT2D eigenvalue weighted by Gasteiger charge is -2.28. The fourth-order valence-electron chi connectivity index (χ4n) is 2.85. The predicted molar refractivity (Wildman–Crippen MR) is 102 cm³/mol. The van der Waals surface area contributed by atoms with Crippen LogP contribution in [-0.2, 0) is 25.0 Å². The third-order valence-electron chi connectivity index (χ3n) is 4.39. The number of benzene rings is 1. The fourth-order valence-corrected chi connectivity index (χ4v) is 4.35. The summed E-state index contributed by atoms with van der Waals surface area (Å²) < 4.78 is 77.6. The third-order valence-corrected chi connectivity index (χ3v) is 6.16. The SMILES string of the molecule is [2H]C([2H])(OP1(=O)OCc2cc(F)ccc2O1)[C@@]1(F)O[C@@H](n2cc(Cl)c(=O)[nH]c2=S)[C@H](O)[C@@H]1O. The maximum Gasteiger partial charge on any atom is 0.530 e. The van der Waals surface area contributed by atoms with E-state index in [0.29, 0.717) is 0 Å². The van der Waals surface area contributed by atoms with Gasteiger partial charge in [0.2, 0.25) is 0 Å². The van der Waals surface area contributed by atoms with Crippen LogP contribution >= 0.6 is 31.6 Å². The minimum atomic E-state index is -4.85. The Morgan fingerprint density at radius 3 is 3.00 bits per heavy atom. The molecule has 0 spiro atoms. The van der Waals surface area contributed by atoms with E-state index in [1.807, 2.05) is 0 Å². The molecule has 0 saturated carbocycles. The number of ether oxygens (including phenoxy) is 1. The molecule has 2 aliphatic heterocycles. The summed E-state index contributed by atoms with van der Waals surface area (Å²) in [5, 5.41) is 20.2. The Hall–Kier alpha value is -1.70. The van der Waals surface area contributed by atoms with Crippen molar-refractivity contribution >= 4 is 31.6 Å². The number of nitrogens with one attached hydrogen (secondary N) is 1. The maximum atomic E-state index is 15.7. The summed E-state index contributed by atoms with van der Waals surface area (Å²) in [4.78, 5) is 13.7. The Morgan fingerprint density at radius 1 is 1.52 bits per heavy atom. The lowest BCUT2D eigenvalue weighted by Crippen LogP contribution is -2.43. The number of hydrogen-bond acceptors (Lipinski definition) is 9. The van der Waals surface area contributed by atoms with Crippen LogP contribution in [0, 0.1) is 10.6 Å². The molecule has 0 radical (unpaired) electrons. The first-order chi connectivity index (χ1) is 15.3. The van der Waals surface area contributed by atoms with E-state index in [4.69, 9.17) is 40.3 Å². The van der Waals surface area contributed by atoms with E-state index in [1.165, 1.54) is 0 Å². The predicted octanol–water partition coefficient (Wildman–Crippen LogP) is 2.35. The van der Waals surface area contributed by atoms with Gasteiger partial charge in [-0.15, -0.1) is 0 Å². The van der Waals surface area contributed by atoms with Gasteiger partial charge < -0.3 is 19.5 Å². The number of halogens is 3. The molecule has 1 aromatic heterocycles. The van der Waals surface area contributed by atoms with Crippen LogP contribution in [0.4, 0.5) is 8.78 Å². The van der Waals surface area contributed by atoms with Gasteiger partial charge in [-0.2, -0.15) is 0 Å². The van der Waals surface area contributed by atoms with E-state index in [1.54, 1.807) is 0 Å². The minimum Gasteiger partial charge on any atom is -0.404 e. The normalized spacial score (nSPS) is 33.9. The first kappa shape index (κ1) is 19.9. The molecule has 1 aromatic carbocycles. The van der Waals surface area contributed by atoms with Crippen LogP contribution in [0.3, 0.4) is 0 Å². The monoisotopic (exact) mass is 500 g/mol. The molecule has 0 bridgehead atoms. The molecule has 0 amide bonds. The average Bonchev–Trinajstić information content (AvgIpc) is 2.96. The van der Waals surface area contributed by atoms with E-state index in [0.717, 1.165) is 29.0 Å². The number of fused-ring (bicyclic) bond motifs is 1. The number of H-pyrrole nitrogens is 1. The van der Waals surface area contributed by atoms with Gasteiger partial charge in [0.25, 0.3) is 11.4 Å². The molecule has 15 heteroatoms. The van der Waals surface area contributed by atoms with Crippen molar-refractivity contribution in [3.63, 3.8) is 0 Å². The van der Waals surface area contributed by atoms with Crippen molar-refractivity contribution in [3.05, 3.63) is 55.9 Å². The highest BCUT2D eigenvalue weighted by Crippen LogP contribution is 2.55. The second kappa shape index (κ2) is 8.01. The quantitative estimate of drug-likeness (QED) is 0.427. The molecule has 5 atom stereocenters. The molecule has 31 heavy (non-hydrogen) atoms. The summed E-state index contributed by atoms with van der Waals surface area (Å²) in [5.41, 5.74) is -0.654. The Balaban J connectivity index is 1.63. The zero-order chi connectivity index (χ0) is 24.3. The van der Waals surface area contributed by atoms with E-state index in [-0.39, 0.29) is 16.1 Å². The number of aliphatic hydroxyl groups excluding tert-OH is 2. The standard InChI is InChI=1S/C16H14ClF2N2O8PS/c17-9-4-21(15(31)20-13(9)24)14-11(22)12(23)16(19,28-14)6-27-30(25)26-5-7-3-8(18)1-2-10(7)29-30/h1-4,11-12,14,22-23H,5-6H2,(H,20,24,31)/t11-,12+,14-,16-,30?/m1/s1/i6D2. The summed E-state index contributed by atoms with van der Waals surface area (Å²) in [6.07, 6.45) is -5.72. The smallest absolute Gasteiger partial charge is 0.404 e. The van der Waals surface area contributed by atoms with Crippen molar-refractivity contribution in [1.82, 2.24) is 9.55 Å². The van der Waals surface area contributed by atoms with Crippen LogP contribution in [0.1, 0.15) is 14.5 Å². The van der Waals surface area contributed by atoms with E-state index in [2.05, 4.69) is 9.51 Å². The van der Waals surface area contributed by atoms with Crippen molar-refractivity contribution in [3.8, 4) is 5.75 Å². The Morgan fingerprint density at radius 2 is 2.26 bits per heavy atom. The minimum absolute atomic E-state index is 0.137. The van der Waals surface area contributed by atoms with E-state index in [9.17, 15) is 24.0 Å². The second-order valence-corrected chi connectivity index (χ2v) is 8.80. The summed E-state index contributed by atoms with van der Waals surface area (Å²) in [6, 6.07) is 3.09. The van der Waals surface area contributed by atoms with Crippen molar-refractivity contribution in [1.29, 1.82) is 0 Å². The van der Waals surface area contributed by atoms with E-state index < -0.39 is 61.7 Å². The molecular weight excluding hydrogens is 485 g/mol. The molecular formula is C16H14ClF2N2O8PS. The number of rotatable bonds is 4. The molecule has 1 fully saturated rings. The van der Waals surface area contributed by atoms with Gasteiger partial charge in [-0.25, -0.2) is 13.3 Å². The van der Waals surface area contributed by atoms with Crippen LogP contribution in [0.2, 0.25) is 5.02 Å². The zero-order valence-corrected chi connectivity index (χ0v) is 17.5. The van der Waals surface area contributed by atoms with Gasteiger partial charge in [-0.3, -0.25) is 23.4 Å². The van der Waals surface area contributed by atoms with Gasteiger partial charge >= 0.3 is 7.82 Å². The summed E-state index contributed by atoms with van der Waals surface area (Å²) in [6.45, 7) is -4.25. The molecule has 2 aromatic rings. The Labute approximate surface area is 185 Å². The van der Waals surface area contributed by atoms with Crippen molar-refractivity contribution in [2.45, 2.75) is 30.9 Å². The number of phosphoric acid groups is 1. The number of aromatic nitrogens is 2. The lowest BCUT2D eigenvalue weighted by molar-refractivity contribution is -0.205. The van der Waals surface area contributed by atoms with Crippen LogP contribution in [-0.4, -0.2) is 44.4 Å². The molecule has 3 heterocycles. The van der Waals surface area contributed by atoms with Crippen molar-refractivity contribution in [2.24, 2.45) is 0 Å². The van der Waals surface area contributed by atoms with Gasteiger partial charge in [0.1, 0.15) is 35.4 Å². The highest BCUT2D eigenvalue weighted by atomic mass is 35.5. The topological polar surface area (TPSA) is 132 Å². The number of nitrogens with zero attached hydrogens (tertiary/aromatic N) is 1. The van der Waals surface area contributed by atoms with Crippen LogP contribution in [0.15, 0.2) is 29.2 Å². The number of hydrogen-bond donors (Lipinski definition) is 3. The fraction of sp³-hybridized carbons (Fsp3) is 0.375. The molecule has 168 valence electrons. The maximum absolute atomic E-state index is 15.7. The Bertz CT molecular complexity index is 1280. The highest BCUT2D eigenvalue weighted by molar-refractivity contribution is 7.71. The first-order valence-electron chi connectivity index (χ1n) is 9.43. The lowest BCUT2D eigenvalue weighted by atomic mass is 10.1. The zero-order valence-electron chi connectivity index (χ0n) is 17.0. The van der Waals surface area contributed by atoms with E-state index >= 15 is 4.39 Å². The van der Waals surface area contributed by atoms with Gasteiger partial charge in [0.15, 0.2) is 11.0 Å². The second-order valence-electron chi connectivity index (χ2n) is 6.49. The summed E-state index contributed by atoms with van der Waals surface area (Å²) >= 11 is 10.6. The van der Waals surface area contributed by atoms with Crippen molar-refractivity contribution in [2.75, 3.05) is 6.56 Å². The molecule has 1 unspecified atom stereocenters. The number of phosphoric ester groups is 1. The first-order valence-corrected chi connectivity index (χ1v) is 10.7. The highest BCUT2D eigenvalue weighted by Gasteiger charge is 2.57.